The first-order valence-electron chi connectivity index (χ1n) is 8.23. The molecule has 1 aromatic rings. The second-order valence-corrected chi connectivity index (χ2v) is 6.93. The number of anilines is 1. The first kappa shape index (κ1) is 19.6. The molecule has 0 bridgehead atoms. The van der Waals surface area contributed by atoms with Crippen LogP contribution >= 0.6 is 0 Å². The number of nitrogens with zero attached hydrogens (tertiary/aromatic N) is 1. The molecule has 0 saturated carbocycles. The van der Waals surface area contributed by atoms with Gasteiger partial charge in [0, 0.05) is 13.5 Å². The summed E-state index contributed by atoms with van der Waals surface area (Å²) in [7, 11) is 2.84. The predicted molar refractivity (Wildman–Crippen MR) is 94.1 cm³/mol. The number of hydrogen-bond donors (Lipinski definition) is 1. The molecule has 0 fully saturated rings. The fourth-order valence-electron chi connectivity index (χ4n) is 2.54. The van der Waals surface area contributed by atoms with Gasteiger partial charge in [0.25, 0.3) is 5.91 Å². The van der Waals surface area contributed by atoms with Gasteiger partial charge in [-0.05, 0) is 32.9 Å². The molecule has 8 heteroatoms. The monoisotopic (exact) mass is 364 g/mol. The van der Waals surface area contributed by atoms with E-state index >= 15 is 0 Å². The van der Waals surface area contributed by atoms with Gasteiger partial charge in [-0.3, -0.25) is 4.79 Å². The number of fused-ring (bicyclic) bond motifs is 1. The van der Waals surface area contributed by atoms with E-state index in [2.05, 4.69) is 5.32 Å². The zero-order valence-corrected chi connectivity index (χ0v) is 15.6. The maximum Gasteiger partial charge on any atom is 0.408 e. The summed E-state index contributed by atoms with van der Waals surface area (Å²) in [6.07, 6.45) is -1.79. The van der Waals surface area contributed by atoms with Crippen LogP contribution in [0.15, 0.2) is 24.3 Å². The molecule has 1 aliphatic heterocycles. The second kappa shape index (κ2) is 7.63. The number of benzene rings is 1. The average molecular weight is 364 g/mol. The van der Waals surface area contributed by atoms with E-state index in [4.69, 9.17) is 14.2 Å². The summed E-state index contributed by atoms with van der Waals surface area (Å²) in [6.45, 7) is 5.12. The molecule has 2 atom stereocenters. The van der Waals surface area contributed by atoms with E-state index < -0.39 is 29.8 Å². The number of esters is 1. The van der Waals surface area contributed by atoms with Crippen molar-refractivity contribution in [3.63, 3.8) is 0 Å². The Morgan fingerprint density at radius 3 is 2.58 bits per heavy atom. The average Bonchev–Trinajstić information content (AvgIpc) is 2.56. The van der Waals surface area contributed by atoms with E-state index in [-0.39, 0.29) is 12.3 Å². The molecule has 142 valence electrons. The third kappa shape index (κ3) is 4.65. The fourth-order valence-corrected chi connectivity index (χ4v) is 2.54. The van der Waals surface area contributed by atoms with E-state index in [1.807, 2.05) is 0 Å². The molecule has 0 aliphatic carbocycles. The van der Waals surface area contributed by atoms with E-state index in [0.717, 1.165) is 0 Å². The molecule has 1 aliphatic rings. The minimum atomic E-state index is -1.08. The van der Waals surface area contributed by atoms with Crippen LogP contribution in [0.25, 0.3) is 0 Å². The lowest BCUT2D eigenvalue weighted by Gasteiger charge is -2.33. The third-order valence-electron chi connectivity index (χ3n) is 3.73. The molecule has 1 heterocycles. The topological polar surface area (TPSA) is 94.2 Å². The summed E-state index contributed by atoms with van der Waals surface area (Å²) in [5.74, 6) is -0.474. The third-order valence-corrected chi connectivity index (χ3v) is 3.73. The summed E-state index contributed by atoms with van der Waals surface area (Å²) in [5.41, 5.74) is -0.0791. The smallest absolute Gasteiger partial charge is 0.408 e. The number of rotatable bonds is 4. The zero-order valence-electron chi connectivity index (χ0n) is 15.6. The van der Waals surface area contributed by atoms with Crippen LogP contribution in [-0.4, -0.2) is 49.9 Å². The van der Waals surface area contributed by atoms with Crippen molar-refractivity contribution in [3.05, 3.63) is 24.3 Å². The number of alkyl carbamates (subject to hydrolysis) is 1. The minimum absolute atomic E-state index is 0.0799. The number of amides is 2. The normalized spacial score (nSPS) is 17.7. The Morgan fingerprint density at radius 2 is 1.96 bits per heavy atom. The Labute approximate surface area is 152 Å². The van der Waals surface area contributed by atoms with Crippen molar-refractivity contribution in [2.24, 2.45) is 0 Å². The molecule has 0 spiro atoms. The van der Waals surface area contributed by atoms with Crippen LogP contribution in [0.2, 0.25) is 0 Å². The number of hydrogen-bond acceptors (Lipinski definition) is 6. The van der Waals surface area contributed by atoms with Gasteiger partial charge in [0.05, 0.1) is 12.8 Å². The second-order valence-electron chi connectivity index (χ2n) is 6.93. The molecule has 0 saturated heterocycles. The molecule has 0 unspecified atom stereocenters. The molecule has 2 rings (SSSR count). The van der Waals surface area contributed by atoms with Crippen LogP contribution < -0.4 is 15.0 Å². The number of carbonyl (C=O) groups is 3. The van der Waals surface area contributed by atoms with Gasteiger partial charge in [-0.1, -0.05) is 12.1 Å². The van der Waals surface area contributed by atoms with Crippen molar-refractivity contribution in [2.75, 3.05) is 19.1 Å². The van der Waals surface area contributed by atoms with Crippen LogP contribution in [0.3, 0.4) is 0 Å². The van der Waals surface area contributed by atoms with Crippen LogP contribution in [0.1, 0.15) is 27.2 Å². The Balaban J connectivity index is 2.14. The SMILES string of the molecule is COC(=O)[C@H](C[C@@H]1Oc2ccccc2N(C)C1=O)NC(=O)OC(C)(C)C. The fraction of sp³-hybridized carbons (Fsp3) is 0.500. The number of methoxy groups -OCH3 is 1. The first-order valence-corrected chi connectivity index (χ1v) is 8.23. The van der Waals surface area contributed by atoms with E-state index in [0.29, 0.717) is 11.4 Å². The summed E-state index contributed by atoms with van der Waals surface area (Å²) in [5, 5.41) is 2.44. The lowest BCUT2D eigenvalue weighted by atomic mass is 10.1. The predicted octanol–water partition coefficient (Wildman–Crippen LogP) is 1.87. The maximum atomic E-state index is 12.6. The van der Waals surface area contributed by atoms with Crippen LogP contribution in [-0.2, 0) is 19.1 Å². The number of para-hydroxylation sites is 2. The number of nitrogens with one attached hydrogen (secondary N) is 1. The molecule has 26 heavy (non-hydrogen) atoms. The maximum absolute atomic E-state index is 12.6. The van der Waals surface area contributed by atoms with Gasteiger partial charge in [-0.2, -0.15) is 0 Å². The minimum Gasteiger partial charge on any atom is -0.478 e. The van der Waals surface area contributed by atoms with Gasteiger partial charge in [-0.25, -0.2) is 9.59 Å². The largest absolute Gasteiger partial charge is 0.478 e. The molecule has 0 radical (unpaired) electrons. The molecular formula is C18H24N2O6. The Bertz CT molecular complexity index is 697. The highest BCUT2D eigenvalue weighted by Crippen LogP contribution is 2.33. The molecule has 8 nitrogen and oxygen atoms in total. The van der Waals surface area contributed by atoms with Crippen LogP contribution in [0.5, 0.6) is 5.75 Å². The number of carbonyl (C=O) groups excluding carboxylic acids is 3. The highest BCUT2D eigenvalue weighted by atomic mass is 16.6. The van der Waals surface area contributed by atoms with E-state index in [9.17, 15) is 14.4 Å². The van der Waals surface area contributed by atoms with Crippen LogP contribution in [0, 0.1) is 0 Å². The lowest BCUT2D eigenvalue weighted by molar-refractivity contribution is -0.144. The van der Waals surface area contributed by atoms with E-state index in [1.165, 1.54) is 12.0 Å². The molecule has 1 aromatic carbocycles. The van der Waals surface area contributed by atoms with Crippen molar-refractivity contribution in [2.45, 2.75) is 44.9 Å². The highest BCUT2D eigenvalue weighted by molar-refractivity contribution is 6.00. The number of likely N-dealkylation sites (N-methyl/N-ethyl adjacent to an activating group) is 1. The zero-order chi connectivity index (χ0) is 19.5. The molecule has 2 amide bonds. The number of ether oxygens (including phenoxy) is 3. The van der Waals surface area contributed by atoms with Gasteiger partial charge in [0.1, 0.15) is 17.4 Å². The summed E-state index contributed by atoms with van der Waals surface area (Å²) >= 11 is 0. The van der Waals surface area contributed by atoms with Crippen molar-refractivity contribution >= 4 is 23.7 Å². The Hall–Kier alpha value is -2.77. The van der Waals surface area contributed by atoms with Crippen molar-refractivity contribution < 1.29 is 28.6 Å². The van der Waals surface area contributed by atoms with E-state index in [1.54, 1.807) is 52.1 Å². The van der Waals surface area contributed by atoms with Crippen molar-refractivity contribution in [1.29, 1.82) is 0 Å². The summed E-state index contributed by atoms with van der Waals surface area (Å²) in [6, 6.07) is 6.01. The Morgan fingerprint density at radius 1 is 1.31 bits per heavy atom. The van der Waals surface area contributed by atoms with Gasteiger partial charge in [0.15, 0.2) is 6.10 Å². The van der Waals surface area contributed by atoms with Crippen molar-refractivity contribution in [1.82, 2.24) is 5.32 Å². The standard InChI is InChI=1S/C18H24N2O6/c1-18(2,3)26-17(23)19-11(16(22)24-5)10-14-15(21)20(4)12-8-6-7-9-13(12)25-14/h6-9,11,14H,10H2,1-5H3,(H,19,23)/t11-,14-/m0/s1. The molecule has 0 aromatic heterocycles. The quantitative estimate of drug-likeness (QED) is 0.820. The van der Waals surface area contributed by atoms with Gasteiger partial charge >= 0.3 is 12.1 Å². The molecule has 1 N–H and O–H groups in total. The van der Waals surface area contributed by atoms with Gasteiger partial charge < -0.3 is 24.4 Å². The van der Waals surface area contributed by atoms with Crippen molar-refractivity contribution in [3.8, 4) is 5.75 Å². The molecular weight excluding hydrogens is 340 g/mol. The van der Waals surface area contributed by atoms with Crippen LogP contribution in [0.4, 0.5) is 10.5 Å². The highest BCUT2D eigenvalue weighted by Gasteiger charge is 2.37. The van der Waals surface area contributed by atoms with Gasteiger partial charge in [-0.15, -0.1) is 0 Å². The summed E-state index contributed by atoms with van der Waals surface area (Å²) < 4.78 is 15.6. The summed E-state index contributed by atoms with van der Waals surface area (Å²) in [4.78, 5) is 38.1. The lowest BCUT2D eigenvalue weighted by Crippen LogP contribution is -2.51. The van der Waals surface area contributed by atoms with Gasteiger partial charge in [0.2, 0.25) is 0 Å². The first-order chi connectivity index (χ1) is 12.1. The Kier molecular flexibility index (Phi) is 5.74.